The van der Waals surface area contributed by atoms with E-state index in [1.165, 1.54) is 4.68 Å². The summed E-state index contributed by atoms with van der Waals surface area (Å²) in [5, 5.41) is 19.5. The van der Waals surface area contributed by atoms with Crippen molar-refractivity contribution in [1.82, 2.24) is 24.5 Å². The number of carbonyl (C=O) groups is 2. The van der Waals surface area contributed by atoms with Gasteiger partial charge in [0.1, 0.15) is 24.7 Å². The summed E-state index contributed by atoms with van der Waals surface area (Å²) in [5.74, 6) is -0.190. The average molecular weight is 613 g/mol. The molecule has 0 saturated carbocycles. The summed E-state index contributed by atoms with van der Waals surface area (Å²) in [7, 11) is 3.30. The second-order valence-electron chi connectivity index (χ2n) is 11.2. The summed E-state index contributed by atoms with van der Waals surface area (Å²) in [4.78, 5) is 26.9. The minimum atomic E-state index is -0.996. The van der Waals surface area contributed by atoms with Gasteiger partial charge in [-0.25, -0.2) is 4.68 Å². The molecule has 5 rings (SSSR count). The summed E-state index contributed by atoms with van der Waals surface area (Å²) in [6.07, 6.45) is 0. The molecule has 0 fully saturated rings. The van der Waals surface area contributed by atoms with Crippen molar-refractivity contribution in [2.75, 3.05) is 14.2 Å². The lowest BCUT2D eigenvalue weighted by atomic mass is 9.94. The SMILES string of the molecule is COc1cc2c(cc1-c1c(C)nn(CC(=O)O)c1C)-c1c(c(C(=O)N(C)C(C)(C)C)nn1-c1cc(Cl)cc(Cl)c1)CO2. The fourth-order valence-electron chi connectivity index (χ4n) is 5.10. The summed E-state index contributed by atoms with van der Waals surface area (Å²) in [6.45, 7) is 9.31. The van der Waals surface area contributed by atoms with E-state index in [0.29, 0.717) is 61.0 Å². The normalized spacial score (nSPS) is 12.4. The van der Waals surface area contributed by atoms with Crippen LogP contribution in [0.2, 0.25) is 10.0 Å². The van der Waals surface area contributed by atoms with E-state index in [1.807, 2.05) is 40.7 Å². The highest BCUT2D eigenvalue weighted by molar-refractivity contribution is 6.34. The van der Waals surface area contributed by atoms with Crippen molar-refractivity contribution in [2.45, 2.75) is 53.3 Å². The van der Waals surface area contributed by atoms with Crippen molar-refractivity contribution >= 4 is 35.1 Å². The molecule has 1 aliphatic heterocycles. The first-order valence-electron chi connectivity index (χ1n) is 13.2. The molecule has 1 aliphatic rings. The van der Waals surface area contributed by atoms with Gasteiger partial charge in [-0.15, -0.1) is 0 Å². The standard InChI is InChI=1S/C30H31Cl2N5O5/c1-15-26(16(2)36(33-15)13-25(38)39)20-11-21-24(12-23(20)41-7)42-14-22-27(29(40)35(6)30(3,4)5)34-37(28(21)22)19-9-17(31)8-18(32)10-19/h8-12H,13-14H2,1-7H3,(H,38,39). The van der Waals surface area contributed by atoms with Crippen molar-refractivity contribution < 1.29 is 24.2 Å². The summed E-state index contributed by atoms with van der Waals surface area (Å²) < 4.78 is 15.1. The predicted molar refractivity (Wildman–Crippen MR) is 160 cm³/mol. The van der Waals surface area contributed by atoms with Gasteiger partial charge in [0.15, 0.2) is 5.69 Å². The van der Waals surface area contributed by atoms with E-state index >= 15 is 0 Å². The predicted octanol–water partition coefficient (Wildman–Crippen LogP) is 6.18. The van der Waals surface area contributed by atoms with E-state index in [2.05, 4.69) is 5.10 Å². The first kappa shape index (κ1) is 29.5. The Bertz CT molecular complexity index is 1730. The van der Waals surface area contributed by atoms with Crippen LogP contribution in [0.25, 0.3) is 28.1 Å². The number of carboxylic acid groups (broad SMARTS) is 1. The number of nitrogens with zero attached hydrogens (tertiary/aromatic N) is 5. The van der Waals surface area contributed by atoms with E-state index in [4.69, 9.17) is 37.8 Å². The van der Waals surface area contributed by atoms with Crippen LogP contribution in [0.1, 0.15) is 48.2 Å². The molecule has 0 unspecified atom stereocenters. The number of aromatic nitrogens is 4. The quantitative estimate of drug-likeness (QED) is 0.277. The molecule has 0 saturated heterocycles. The molecule has 10 nitrogen and oxygen atoms in total. The number of hydrogen-bond acceptors (Lipinski definition) is 6. The molecular weight excluding hydrogens is 581 g/mol. The van der Waals surface area contributed by atoms with Gasteiger partial charge >= 0.3 is 5.97 Å². The number of hydrogen-bond donors (Lipinski definition) is 1. The van der Waals surface area contributed by atoms with Crippen molar-refractivity contribution in [3.05, 3.63) is 63.0 Å². The lowest BCUT2D eigenvalue weighted by Crippen LogP contribution is -2.43. The zero-order valence-electron chi connectivity index (χ0n) is 24.4. The molecule has 2 aromatic carbocycles. The first-order chi connectivity index (χ1) is 19.7. The third-order valence-corrected chi connectivity index (χ3v) is 7.89. The van der Waals surface area contributed by atoms with Crippen LogP contribution in [-0.4, -0.2) is 61.1 Å². The molecule has 220 valence electrons. The van der Waals surface area contributed by atoms with Crippen LogP contribution in [0.5, 0.6) is 11.5 Å². The molecule has 1 N–H and O–H groups in total. The van der Waals surface area contributed by atoms with Gasteiger partial charge in [-0.05, 0) is 58.9 Å². The Morgan fingerprint density at radius 2 is 1.74 bits per heavy atom. The average Bonchev–Trinajstić information content (AvgIpc) is 3.42. The molecule has 1 amide bonds. The fraction of sp³-hybridized carbons (Fsp3) is 0.333. The van der Waals surface area contributed by atoms with Crippen molar-refractivity contribution in [3.63, 3.8) is 0 Å². The van der Waals surface area contributed by atoms with Gasteiger partial charge in [0.25, 0.3) is 5.91 Å². The Kier molecular flexibility index (Phi) is 7.49. The lowest BCUT2D eigenvalue weighted by Gasteiger charge is -2.31. The number of aryl methyl sites for hydroxylation is 1. The van der Waals surface area contributed by atoms with Crippen LogP contribution in [0.3, 0.4) is 0 Å². The van der Waals surface area contributed by atoms with Crippen LogP contribution in [0, 0.1) is 13.8 Å². The molecule has 42 heavy (non-hydrogen) atoms. The highest BCUT2D eigenvalue weighted by Crippen LogP contribution is 2.47. The van der Waals surface area contributed by atoms with Gasteiger partial charge in [0.05, 0.1) is 24.2 Å². The highest BCUT2D eigenvalue weighted by atomic mass is 35.5. The molecule has 12 heteroatoms. The van der Waals surface area contributed by atoms with Crippen LogP contribution in [-0.2, 0) is 17.9 Å². The zero-order chi connectivity index (χ0) is 30.7. The number of fused-ring (bicyclic) bond motifs is 3. The van der Waals surface area contributed by atoms with Crippen molar-refractivity contribution in [2.24, 2.45) is 0 Å². The number of halogens is 2. The van der Waals surface area contributed by atoms with Gasteiger partial charge in [0, 0.05) is 56.6 Å². The molecule has 4 aromatic rings. The Morgan fingerprint density at radius 3 is 2.33 bits per heavy atom. The number of rotatable bonds is 6. The largest absolute Gasteiger partial charge is 0.496 e. The molecule has 0 atom stereocenters. The Morgan fingerprint density at radius 1 is 1.07 bits per heavy atom. The molecule has 0 spiro atoms. The van der Waals surface area contributed by atoms with Crippen LogP contribution in [0.15, 0.2) is 30.3 Å². The number of carbonyl (C=O) groups excluding carboxylic acids is 1. The minimum Gasteiger partial charge on any atom is -0.496 e. The number of aliphatic carboxylic acids is 1. The van der Waals surface area contributed by atoms with E-state index in [-0.39, 0.29) is 24.8 Å². The maximum atomic E-state index is 13.8. The van der Waals surface area contributed by atoms with E-state index in [9.17, 15) is 14.7 Å². The maximum Gasteiger partial charge on any atom is 0.325 e. The summed E-state index contributed by atoms with van der Waals surface area (Å²) in [6, 6.07) is 8.77. The van der Waals surface area contributed by atoms with Gasteiger partial charge in [-0.2, -0.15) is 10.2 Å². The lowest BCUT2D eigenvalue weighted by molar-refractivity contribution is -0.137. The van der Waals surface area contributed by atoms with E-state index in [1.54, 1.807) is 48.0 Å². The molecular formula is C30H31Cl2N5O5. The summed E-state index contributed by atoms with van der Waals surface area (Å²) >= 11 is 12.8. The second kappa shape index (κ2) is 10.7. The molecule has 2 aromatic heterocycles. The number of methoxy groups -OCH3 is 1. The molecule has 0 aliphatic carbocycles. The van der Waals surface area contributed by atoms with Crippen LogP contribution < -0.4 is 9.47 Å². The first-order valence-corrected chi connectivity index (χ1v) is 13.9. The monoisotopic (exact) mass is 611 g/mol. The topological polar surface area (TPSA) is 112 Å². The van der Waals surface area contributed by atoms with Crippen LogP contribution in [0.4, 0.5) is 0 Å². The second-order valence-corrected chi connectivity index (χ2v) is 12.1. The highest BCUT2D eigenvalue weighted by Gasteiger charge is 2.35. The van der Waals surface area contributed by atoms with E-state index < -0.39 is 11.5 Å². The Hall–Kier alpha value is -4.02. The zero-order valence-corrected chi connectivity index (χ0v) is 25.9. The molecule has 0 radical (unpaired) electrons. The molecule has 3 heterocycles. The van der Waals surface area contributed by atoms with Gasteiger partial charge < -0.3 is 19.5 Å². The minimum absolute atomic E-state index is 0.104. The van der Waals surface area contributed by atoms with E-state index in [0.717, 1.165) is 5.56 Å². The Balaban J connectivity index is 1.80. The summed E-state index contributed by atoms with van der Waals surface area (Å²) in [5.41, 5.74) is 5.05. The van der Waals surface area contributed by atoms with Gasteiger partial charge in [-0.3, -0.25) is 14.3 Å². The molecule has 0 bridgehead atoms. The smallest absolute Gasteiger partial charge is 0.325 e. The number of ether oxygens (including phenoxy) is 2. The van der Waals surface area contributed by atoms with Gasteiger partial charge in [-0.1, -0.05) is 23.2 Å². The Labute approximate surface area is 253 Å². The van der Waals surface area contributed by atoms with Gasteiger partial charge in [0.2, 0.25) is 0 Å². The van der Waals surface area contributed by atoms with Crippen LogP contribution >= 0.6 is 23.2 Å². The fourth-order valence-corrected chi connectivity index (χ4v) is 5.61. The van der Waals surface area contributed by atoms with Crippen molar-refractivity contribution in [3.8, 4) is 39.6 Å². The third-order valence-electron chi connectivity index (χ3n) is 7.45. The van der Waals surface area contributed by atoms with Crippen molar-refractivity contribution in [1.29, 1.82) is 0 Å². The maximum absolute atomic E-state index is 13.8. The third kappa shape index (κ3) is 5.09. The number of benzene rings is 2. The number of amides is 1. The number of carboxylic acids is 1.